The lowest BCUT2D eigenvalue weighted by molar-refractivity contribution is -0.384. The average Bonchev–Trinajstić information content (AvgIpc) is 2.56. The van der Waals surface area contributed by atoms with Gasteiger partial charge in [-0.15, -0.1) is 0 Å². The summed E-state index contributed by atoms with van der Waals surface area (Å²) in [4.78, 5) is 26.5. The lowest BCUT2D eigenvalue weighted by Crippen LogP contribution is -2.52. The Morgan fingerprint density at radius 1 is 1.27 bits per heavy atom. The summed E-state index contributed by atoms with van der Waals surface area (Å²) < 4.78 is 0. The highest BCUT2D eigenvalue weighted by Crippen LogP contribution is 2.15. The van der Waals surface area contributed by atoms with E-state index in [9.17, 15) is 20.0 Å². The standard InChI is InChI=1S/C15H21N3O4/c1-2-13(11-19)16-7-9-17(10-8-16)15(20)12-3-5-14(6-4-12)18(21)22/h3-6,13,19H,2,7-11H2,1H3. The zero-order chi connectivity index (χ0) is 16.1. The molecule has 0 aliphatic carbocycles. The van der Waals surface area contributed by atoms with Crippen LogP contribution in [0.15, 0.2) is 24.3 Å². The molecule has 1 atom stereocenters. The van der Waals surface area contributed by atoms with Crippen LogP contribution >= 0.6 is 0 Å². The fraction of sp³-hybridized carbons (Fsp3) is 0.533. The van der Waals surface area contributed by atoms with Crippen LogP contribution in [0.5, 0.6) is 0 Å². The minimum Gasteiger partial charge on any atom is -0.395 e. The summed E-state index contributed by atoms with van der Waals surface area (Å²) in [5, 5.41) is 19.9. The predicted molar refractivity (Wildman–Crippen MR) is 81.7 cm³/mol. The molecule has 0 radical (unpaired) electrons. The molecule has 1 saturated heterocycles. The van der Waals surface area contributed by atoms with Gasteiger partial charge in [-0.25, -0.2) is 0 Å². The van der Waals surface area contributed by atoms with Crippen molar-refractivity contribution < 1.29 is 14.8 Å². The van der Waals surface area contributed by atoms with Gasteiger partial charge < -0.3 is 10.0 Å². The fourth-order valence-electron chi connectivity index (χ4n) is 2.70. The van der Waals surface area contributed by atoms with Crippen molar-refractivity contribution in [1.82, 2.24) is 9.80 Å². The van der Waals surface area contributed by atoms with E-state index in [-0.39, 0.29) is 24.2 Å². The molecular formula is C15H21N3O4. The molecule has 1 aliphatic rings. The molecule has 7 nitrogen and oxygen atoms in total. The van der Waals surface area contributed by atoms with Crippen LogP contribution in [0.2, 0.25) is 0 Å². The molecule has 7 heteroatoms. The van der Waals surface area contributed by atoms with Crippen molar-refractivity contribution in [3.8, 4) is 0 Å². The van der Waals surface area contributed by atoms with Crippen LogP contribution in [-0.4, -0.2) is 64.6 Å². The molecule has 2 rings (SSSR count). The molecule has 1 aromatic rings. The van der Waals surface area contributed by atoms with Crippen molar-refractivity contribution >= 4 is 11.6 Å². The van der Waals surface area contributed by atoms with E-state index in [1.54, 1.807) is 4.90 Å². The number of aliphatic hydroxyl groups excluding tert-OH is 1. The Morgan fingerprint density at radius 3 is 2.32 bits per heavy atom. The minimum atomic E-state index is -0.479. The number of nitro groups is 1. The lowest BCUT2D eigenvalue weighted by atomic mass is 10.1. The number of piperazine rings is 1. The second-order valence-corrected chi connectivity index (χ2v) is 5.38. The molecule has 0 saturated carbocycles. The molecule has 1 unspecified atom stereocenters. The first-order valence-electron chi connectivity index (χ1n) is 7.45. The van der Waals surface area contributed by atoms with Crippen LogP contribution in [0, 0.1) is 10.1 Å². The van der Waals surface area contributed by atoms with Gasteiger partial charge in [-0.3, -0.25) is 19.8 Å². The Kier molecular flexibility index (Phi) is 5.46. The number of benzene rings is 1. The van der Waals surface area contributed by atoms with E-state index < -0.39 is 4.92 Å². The van der Waals surface area contributed by atoms with Crippen molar-refractivity contribution in [1.29, 1.82) is 0 Å². The van der Waals surface area contributed by atoms with Crippen molar-refractivity contribution in [2.24, 2.45) is 0 Å². The highest BCUT2D eigenvalue weighted by molar-refractivity contribution is 5.94. The van der Waals surface area contributed by atoms with Crippen molar-refractivity contribution in [3.05, 3.63) is 39.9 Å². The third kappa shape index (κ3) is 3.61. The minimum absolute atomic E-state index is 0.0184. The van der Waals surface area contributed by atoms with Gasteiger partial charge in [-0.1, -0.05) is 6.92 Å². The molecule has 1 aromatic carbocycles. The van der Waals surface area contributed by atoms with Gasteiger partial charge in [0.25, 0.3) is 11.6 Å². The second kappa shape index (κ2) is 7.33. The van der Waals surface area contributed by atoms with Crippen molar-refractivity contribution in [3.63, 3.8) is 0 Å². The number of carbonyl (C=O) groups excluding carboxylic acids is 1. The van der Waals surface area contributed by atoms with Gasteiger partial charge in [0.1, 0.15) is 0 Å². The zero-order valence-electron chi connectivity index (χ0n) is 12.6. The van der Waals surface area contributed by atoms with Gasteiger partial charge in [0, 0.05) is 49.9 Å². The summed E-state index contributed by atoms with van der Waals surface area (Å²) in [6.45, 7) is 4.84. The van der Waals surface area contributed by atoms with Gasteiger partial charge in [0.05, 0.1) is 11.5 Å². The number of rotatable bonds is 5. The molecule has 0 bridgehead atoms. The van der Waals surface area contributed by atoms with Crippen molar-refractivity contribution in [2.75, 3.05) is 32.8 Å². The summed E-state index contributed by atoms with van der Waals surface area (Å²) in [6, 6.07) is 5.84. The Bertz CT molecular complexity index is 520. The van der Waals surface area contributed by atoms with E-state index in [0.29, 0.717) is 18.7 Å². The smallest absolute Gasteiger partial charge is 0.269 e. The number of non-ortho nitro benzene ring substituents is 1. The van der Waals surface area contributed by atoms with E-state index in [1.807, 2.05) is 6.92 Å². The topological polar surface area (TPSA) is 86.9 Å². The summed E-state index contributed by atoms with van der Waals surface area (Å²) in [6.07, 6.45) is 0.882. The molecule has 1 heterocycles. The molecule has 1 aliphatic heterocycles. The third-order valence-corrected chi connectivity index (χ3v) is 4.12. The summed E-state index contributed by atoms with van der Waals surface area (Å²) in [5.41, 5.74) is 0.448. The van der Waals surface area contributed by atoms with Crippen molar-refractivity contribution in [2.45, 2.75) is 19.4 Å². The first kappa shape index (κ1) is 16.4. The summed E-state index contributed by atoms with van der Waals surface area (Å²) in [7, 11) is 0. The molecule has 22 heavy (non-hydrogen) atoms. The largest absolute Gasteiger partial charge is 0.395 e. The Balaban J connectivity index is 1.96. The number of nitrogens with zero attached hydrogens (tertiary/aromatic N) is 3. The van der Waals surface area contributed by atoms with Crippen LogP contribution < -0.4 is 0 Å². The fourth-order valence-corrected chi connectivity index (χ4v) is 2.70. The van der Waals surface area contributed by atoms with E-state index >= 15 is 0 Å². The Labute approximate surface area is 129 Å². The lowest BCUT2D eigenvalue weighted by Gasteiger charge is -2.38. The van der Waals surface area contributed by atoms with Gasteiger partial charge in [-0.2, -0.15) is 0 Å². The van der Waals surface area contributed by atoms with Gasteiger partial charge >= 0.3 is 0 Å². The summed E-state index contributed by atoms with van der Waals surface area (Å²) >= 11 is 0. The van der Waals surface area contributed by atoms with Gasteiger partial charge in [-0.05, 0) is 18.6 Å². The summed E-state index contributed by atoms with van der Waals surface area (Å²) in [5.74, 6) is -0.105. The number of aliphatic hydroxyl groups is 1. The Hall–Kier alpha value is -1.99. The first-order chi connectivity index (χ1) is 10.6. The monoisotopic (exact) mass is 307 g/mol. The van der Waals surface area contributed by atoms with E-state index in [1.165, 1.54) is 24.3 Å². The van der Waals surface area contributed by atoms with E-state index in [2.05, 4.69) is 4.90 Å². The molecule has 1 fully saturated rings. The van der Waals surface area contributed by atoms with E-state index in [0.717, 1.165) is 19.5 Å². The number of hydrogen-bond donors (Lipinski definition) is 1. The molecule has 1 N–H and O–H groups in total. The highest BCUT2D eigenvalue weighted by atomic mass is 16.6. The number of amides is 1. The second-order valence-electron chi connectivity index (χ2n) is 5.38. The molecular weight excluding hydrogens is 286 g/mol. The maximum atomic E-state index is 12.4. The Morgan fingerprint density at radius 2 is 1.86 bits per heavy atom. The third-order valence-electron chi connectivity index (χ3n) is 4.12. The number of nitro benzene ring substituents is 1. The normalized spacial score (nSPS) is 17.3. The van der Waals surface area contributed by atoms with E-state index in [4.69, 9.17) is 0 Å². The maximum Gasteiger partial charge on any atom is 0.269 e. The zero-order valence-corrected chi connectivity index (χ0v) is 12.6. The van der Waals surface area contributed by atoms with Crippen LogP contribution in [0.3, 0.4) is 0 Å². The molecule has 1 amide bonds. The molecule has 120 valence electrons. The SMILES string of the molecule is CCC(CO)N1CCN(C(=O)c2ccc([N+](=O)[O-])cc2)CC1. The van der Waals surface area contributed by atoms with Crippen LogP contribution in [0.1, 0.15) is 23.7 Å². The average molecular weight is 307 g/mol. The maximum absolute atomic E-state index is 12.4. The van der Waals surface area contributed by atoms with Crippen LogP contribution in [-0.2, 0) is 0 Å². The highest BCUT2D eigenvalue weighted by Gasteiger charge is 2.25. The van der Waals surface area contributed by atoms with Gasteiger partial charge in [0.15, 0.2) is 0 Å². The molecule has 0 aromatic heterocycles. The first-order valence-corrected chi connectivity index (χ1v) is 7.45. The quantitative estimate of drug-likeness (QED) is 0.651. The van der Waals surface area contributed by atoms with Crippen LogP contribution in [0.25, 0.3) is 0 Å². The van der Waals surface area contributed by atoms with Gasteiger partial charge in [0.2, 0.25) is 0 Å². The number of hydrogen-bond acceptors (Lipinski definition) is 5. The number of carbonyl (C=O) groups is 1. The predicted octanol–water partition coefficient (Wildman–Crippen LogP) is 1.12. The molecule has 0 spiro atoms. The van der Waals surface area contributed by atoms with Crippen LogP contribution in [0.4, 0.5) is 5.69 Å².